The fraction of sp³-hybridized carbons (Fsp3) is 0.333. The third kappa shape index (κ3) is 15.7. The zero-order valence-corrected chi connectivity index (χ0v) is 30.0. The Hall–Kier alpha value is -0.730. The van der Waals surface area contributed by atoms with Gasteiger partial charge in [0, 0.05) is 43.3 Å². The summed E-state index contributed by atoms with van der Waals surface area (Å²) in [6.07, 6.45) is 2.03. The van der Waals surface area contributed by atoms with Gasteiger partial charge in [0.1, 0.15) is 0 Å². The number of rotatable bonds is 8. The van der Waals surface area contributed by atoms with Crippen LogP contribution in [-0.4, -0.2) is 23.6 Å². The number of alkyl halides is 4. The molecule has 17 heteroatoms. The van der Waals surface area contributed by atoms with Crippen molar-refractivity contribution < 1.29 is 26.9 Å². The lowest BCUT2D eigenvalue weighted by Gasteiger charge is -2.06. The van der Waals surface area contributed by atoms with E-state index >= 15 is 0 Å². The fourth-order valence-electron chi connectivity index (χ4n) is 3.44. The number of benzene rings is 2. The summed E-state index contributed by atoms with van der Waals surface area (Å²) < 4.78 is 62.7. The highest BCUT2D eigenvalue weighted by Crippen LogP contribution is 2.21. The van der Waals surface area contributed by atoms with Gasteiger partial charge in [-0.2, -0.15) is 0 Å². The van der Waals surface area contributed by atoms with E-state index in [2.05, 4.69) is 31.3 Å². The number of aliphatic hydroxyl groups is 1. The Balaban J connectivity index is 0.000000355. The van der Waals surface area contributed by atoms with E-state index in [0.717, 1.165) is 21.4 Å². The molecule has 0 aliphatic carbocycles. The van der Waals surface area contributed by atoms with Crippen molar-refractivity contribution in [3.8, 4) is 0 Å². The van der Waals surface area contributed by atoms with Gasteiger partial charge in [-0.3, -0.25) is 0 Å². The maximum absolute atomic E-state index is 13.7. The molecule has 0 spiro atoms. The Bertz CT molecular complexity index is 1370. The van der Waals surface area contributed by atoms with Gasteiger partial charge in [-0.1, -0.05) is 59.1 Å². The molecule has 4 nitrogen and oxygen atoms in total. The highest BCUT2D eigenvalue weighted by molar-refractivity contribution is 8.26. The molecule has 2 heterocycles. The lowest BCUT2D eigenvalue weighted by molar-refractivity contribution is 0.273. The first-order valence-electron chi connectivity index (χ1n) is 12.3. The molecular weight excluding hydrogens is 769 g/mol. The number of aryl methyl sites for hydroxylation is 6. The second kappa shape index (κ2) is 22.0. The summed E-state index contributed by atoms with van der Waals surface area (Å²) in [5, 5.41) is 14.6. The molecular formula is C27H26Cl6F4N2O2S3. The van der Waals surface area contributed by atoms with Crippen LogP contribution in [0, 0.1) is 37.1 Å². The average Bonchev–Trinajstić information content (AvgIpc) is 3.57. The van der Waals surface area contributed by atoms with Gasteiger partial charge < -0.3 is 5.11 Å². The van der Waals surface area contributed by atoms with Crippen molar-refractivity contribution in [2.75, 3.05) is 0 Å². The van der Waals surface area contributed by atoms with Crippen molar-refractivity contribution in [2.24, 2.45) is 0 Å². The molecule has 1 N–H and O–H groups in total. The third-order valence-electron chi connectivity index (χ3n) is 5.43. The van der Waals surface area contributed by atoms with Crippen LogP contribution in [0.4, 0.5) is 17.6 Å². The van der Waals surface area contributed by atoms with Crippen LogP contribution in [0.5, 0.6) is 0 Å². The molecule has 4 rings (SSSR count). The van der Waals surface area contributed by atoms with Crippen LogP contribution in [0.25, 0.3) is 0 Å². The fourth-order valence-corrected chi connectivity index (χ4v) is 4.94. The number of hydrogen-bond acceptors (Lipinski definition) is 6. The number of aromatic nitrogens is 2. The Kier molecular flexibility index (Phi) is 20.6. The summed E-state index contributed by atoms with van der Waals surface area (Å²) in [6.45, 7) is 3.34. The van der Waals surface area contributed by atoms with E-state index in [1.807, 2.05) is 24.6 Å². The summed E-state index contributed by atoms with van der Waals surface area (Å²) in [5.41, 5.74) is 2.67. The molecule has 0 bridgehead atoms. The zero-order valence-electron chi connectivity index (χ0n) is 23.0. The Morgan fingerprint density at radius 1 is 0.727 bits per heavy atom. The molecule has 0 fully saturated rings. The molecule has 44 heavy (non-hydrogen) atoms. The van der Waals surface area contributed by atoms with Crippen molar-refractivity contribution >= 4 is 99.7 Å². The number of aliphatic hydroxyl groups excluding tert-OH is 1. The smallest absolute Gasteiger partial charge is 0.211 e. The van der Waals surface area contributed by atoms with Crippen LogP contribution in [0.2, 0.25) is 0 Å². The molecule has 4 aromatic rings. The summed E-state index contributed by atoms with van der Waals surface area (Å²) in [4.78, 5) is 8.57. The van der Waals surface area contributed by atoms with Gasteiger partial charge in [0.2, 0.25) is 9.23 Å². The molecule has 0 aliphatic rings. The second-order valence-electron chi connectivity index (χ2n) is 8.46. The maximum atomic E-state index is 13.7. The average molecular weight is 795 g/mol. The van der Waals surface area contributed by atoms with Crippen molar-refractivity contribution in [3.05, 3.63) is 102 Å². The van der Waals surface area contributed by atoms with Gasteiger partial charge in [-0.15, -0.1) is 34.3 Å². The van der Waals surface area contributed by atoms with Crippen molar-refractivity contribution in [3.63, 3.8) is 0 Å². The largest absolute Gasteiger partial charge is 0.392 e. The van der Waals surface area contributed by atoms with Gasteiger partial charge in [0.15, 0.2) is 27.6 Å². The van der Waals surface area contributed by atoms with Gasteiger partial charge in [0.25, 0.3) is 0 Å². The zero-order chi connectivity index (χ0) is 33.4. The van der Waals surface area contributed by atoms with Crippen LogP contribution in [0.3, 0.4) is 0 Å². The van der Waals surface area contributed by atoms with Gasteiger partial charge >= 0.3 is 0 Å². The molecule has 0 saturated carbocycles. The van der Waals surface area contributed by atoms with E-state index in [4.69, 9.17) is 55.7 Å². The van der Waals surface area contributed by atoms with E-state index in [9.17, 15) is 17.6 Å². The third-order valence-corrected chi connectivity index (χ3v) is 7.37. The molecule has 0 unspecified atom stereocenters. The lowest BCUT2D eigenvalue weighted by atomic mass is 10.1. The van der Waals surface area contributed by atoms with E-state index in [1.165, 1.54) is 18.2 Å². The normalized spacial score (nSPS) is 10.5. The molecule has 0 saturated heterocycles. The summed E-state index contributed by atoms with van der Waals surface area (Å²) in [5.74, 6) is -3.47. The van der Waals surface area contributed by atoms with Crippen LogP contribution >= 0.6 is 90.4 Å². The predicted octanol–water partition coefficient (Wildman–Crippen LogP) is 10.3. The molecule has 2 aromatic carbocycles. The SMILES string of the molecule is Cc1nc(CCc2ccc(CCl)c(F)c2F)cs1.Cc1nc(CCc2ccc(CO)c(F)c2F)cs1.ClC(Cl)Cl.O=S(Cl)Cl. The lowest BCUT2D eigenvalue weighted by Crippen LogP contribution is -2.01. The van der Waals surface area contributed by atoms with E-state index in [-0.39, 0.29) is 17.0 Å². The molecule has 0 aliphatic heterocycles. The Morgan fingerprint density at radius 3 is 1.36 bits per heavy atom. The first-order chi connectivity index (χ1) is 20.7. The predicted molar refractivity (Wildman–Crippen MR) is 178 cm³/mol. The maximum Gasteiger partial charge on any atom is 0.211 e. The minimum absolute atomic E-state index is 0.0132. The molecule has 2 aromatic heterocycles. The molecule has 0 atom stereocenters. The van der Waals surface area contributed by atoms with Gasteiger partial charge in [-0.05, 0) is 50.7 Å². The summed E-state index contributed by atoms with van der Waals surface area (Å²) in [7, 11) is 7.36. The topological polar surface area (TPSA) is 63.1 Å². The number of halogens is 10. The van der Waals surface area contributed by atoms with Gasteiger partial charge in [0.05, 0.1) is 33.9 Å². The standard InChI is InChI=1S/C13H12ClF2NS.C13H13F2NOS.CHCl3.Cl2OS/c1-8-17-11(7-18-8)5-4-9-2-3-10(6-14)13(16)12(9)15;1-8-16-11(7-18-8)5-4-9-2-3-10(6-17)13(15)12(9)14;2-1(3)4;1-4(2)3/h2-3,7H,4-6H2,1H3;2-3,7,17H,4-6H2,1H3;1H;. The number of nitrogens with zero attached hydrogens (tertiary/aromatic N) is 2. The monoisotopic (exact) mass is 792 g/mol. The Morgan fingerprint density at radius 2 is 1.05 bits per heavy atom. The number of hydrogen-bond donors (Lipinski definition) is 1. The molecule has 244 valence electrons. The summed E-state index contributed by atoms with van der Waals surface area (Å²) >= 11 is 23.0. The van der Waals surface area contributed by atoms with Crippen LogP contribution in [-0.2, 0) is 47.4 Å². The van der Waals surface area contributed by atoms with E-state index < -0.39 is 43.4 Å². The number of thiazole rings is 2. The van der Waals surface area contributed by atoms with Crippen LogP contribution in [0.15, 0.2) is 35.0 Å². The minimum atomic E-state index is -1.67. The van der Waals surface area contributed by atoms with Crippen molar-refractivity contribution in [1.82, 2.24) is 9.97 Å². The molecule has 0 radical (unpaired) electrons. The van der Waals surface area contributed by atoms with E-state index in [1.54, 1.807) is 28.7 Å². The van der Waals surface area contributed by atoms with Gasteiger partial charge in [-0.25, -0.2) is 31.7 Å². The summed E-state index contributed by atoms with van der Waals surface area (Å²) in [6, 6.07) is 6.06. The van der Waals surface area contributed by atoms with Crippen LogP contribution < -0.4 is 0 Å². The molecule has 0 amide bonds. The minimum Gasteiger partial charge on any atom is -0.392 e. The first-order valence-corrected chi connectivity index (χ1v) is 18.7. The highest BCUT2D eigenvalue weighted by atomic mass is 36.0. The van der Waals surface area contributed by atoms with Crippen molar-refractivity contribution in [1.29, 1.82) is 0 Å². The van der Waals surface area contributed by atoms with Crippen LogP contribution in [0.1, 0.15) is 43.7 Å². The van der Waals surface area contributed by atoms with E-state index in [0.29, 0.717) is 36.8 Å². The van der Waals surface area contributed by atoms with Crippen molar-refractivity contribution in [2.45, 2.75) is 56.3 Å². The quantitative estimate of drug-likeness (QED) is 0.110. The Labute approximate surface area is 292 Å². The second-order valence-corrected chi connectivity index (χ2v) is 15.4. The first kappa shape index (κ1) is 41.3. The highest BCUT2D eigenvalue weighted by Gasteiger charge is 2.14.